The van der Waals surface area contributed by atoms with Crippen LogP contribution in [-0.2, 0) is 9.53 Å². The molecule has 0 heterocycles. The van der Waals surface area contributed by atoms with Gasteiger partial charge in [-0.15, -0.1) is 0 Å². The normalized spacial score (nSPS) is 29.5. The number of carbonyl (C=O) groups is 1. The molecule has 19 heavy (non-hydrogen) atoms. The van der Waals surface area contributed by atoms with Crippen molar-refractivity contribution >= 4 is 5.97 Å². The molecular weight excluding hydrogens is 236 g/mol. The van der Waals surface area contributed by atoms with Crippen LogP contribution in [0.5, 0.6) is 0 Å². The number of hydrogen-bond acceptors (Lipinski definition) is 2. The van der Waals surface area contributed by atoms with Crippen molar-refractivity contribution in [2.45, 2.75) is 53.1 Å². The lowest BCUT2D eigenvalue weighted by Gasteiger charge is -2.23. The number of ether oxygens (including phenoxy) is 1. The maximum atomic E-state index is 11.2. The molecule has 2 heteroatoms. The van der Waals surface area contributed by atoms with Crippen molar-refractivity contribution in [3.05, 3.63) is 36.0 Å². The van der Waals surface area contributed by atoms with Gasteiger partial charge in [-0.25, -0.2) is 0 Å². The lowest BCUT2D eigenvalue weighted by Crippen LogP contribution is -2.19. The Balaban J connectivity index is 2.87. The van der Waals surface area contributed by atoms with Gasteiger partial charge in [0.1, 0.15) is 6.10 Å². The second-order valence-corrected chi connectivity index (χ2v) is 5.75. The molecule has 2 atom stereocenters. The molecule has 0 spiro atoms. The molecule has 0 radical (unpaired) electrons. The topological polar surface area (TPSA) is 26.3 Å². The third-order valence-electron chi connectivity index (χ3n) is 3.68. The standard InChI is InChI=1S/C17H26O2/c1-12(2)16-9-6-13(3)7-11-17(19-15(5)18)14(4)8-10-16/h6-7,9,12,16-17H,4,8,10-11H2,1-3,5H3/b9-6+,13-7-/t16?,17-/m1/s1. The van der Waals surface area contributed by atoms with Gasteiger partial charge in [0.2, 0.25) is 0 Å². The second-order valence-electron chi connectivity index (χ2n) is 5.75. The Bertz CT molecular complexity index is 388. The zero-order chi connectivity index (χ0) is 14.4. The Morgan fingerprint density at radius 2 is 2.16 bits per heavy atom. The fraction of sp³-hybridized carbons (Fsp3) is 0.588. The summed E-state index contributed by atoms with van der Waals surface area (Å²) in [5.41, 5.74) is 2.25. The van der Waals surface area contributed by atoms with Gasteiger partial charge in [0.15, 0.2) is 0 Å². The molecule has 106 valence electrons. The fourth-order valence-electron chi connectivity index (χ4n) is 2.30. The Labute approximate surface area is 117 Å². The minimum atomic E-state index is -0.231. The minimum absolute atomic E-state index is 0.174. The van der Waals surface area contributed by atoms with E-state index in [0.29, 0.717) is 11.8 Å². The van der Waals surface area contributed by atoms with Crippen LogP contribution in [0.25, 0.3) is 0 Å². The molecule has 0 aromatic carbocycles. The van der Waals surface area contributed by atoms with Crippen molar-refractivity contribution in [1.29, 1.82) is 0 Å². The Kier molecular flexibility index (Phi) is 6.07. The molecule has 1 unspecified atom stereocenters. The maximum absolute atomic E-state index is 11.2. The highest BCUT2D eigenvalue weighted by Gasteiger charge is 2.18. The van der Waals surface area contributed by atoms with E-state index >= 15 is 0 Å². The van der Waals surface area contributed by atoms with Crippen molar-refractivity contribution < 1.29 is 9.53 Å². The largest absolute Gasteiger partial charge is 0.458 e. The molecule has 1 aliphatic rings. The van der Waals surface area contributed by atoms with Crippen LogP contribution < -0.4 is 0 Å². The molecule has 0 saturated carbocycles. The van der Waals surface area contributed by atoms with Gasteiger partial charge in [-0.2, -0.15) is 0 Å². The van der Waals surface area contributed by atoms with Crippen LogP contribution in [0.1, 0.15) is 47.0 Å². The first-order chi connectivity index (χ1) is 8.90. The Morgan fingerprint density at radius 1 is 1.47 bits per heavy atom. The third-order valence-corrected chi connectivity index (χ3v) is 3.68. The van der Waals surface area contributed by atoms with E-state index in [1.165, 1.54) is 12.5 Å². The molecule has 0 amide bonds. The second kappa shape index (κ2) is 7.32. The molecule has 0 bridgehead atoms. The van der Waals surface area contributed by atoms with E-state index in [1.807, 2.05) is 0 Å². The summed E-state index contributed by atoms with van der Waals surface area (Å²) in [6.45, 7) is 12.1. The van der Waals surface area contributed by atoms with Crippen LogP contribution in [0.4, 0.5) is 0 Å². The number of esters is 1. The van der Waals surface area contributed by atoms with Crippen LogP contribution in [0.15, 0.2) is 36.0 Å². The molecule has 0 N–H and O–H groups in total. The highest BCUT2D eigenvalue weighted by atomic mass is 16.5. The van der Waals surface area contributed by atoms with Gasteiger partial charge < -0.3 is 4.74 Å². The average Bonchev–Trinajstić information content (AvgIpc) is 2.32. The monoisotopic (exact) mass is 262 g/mol. The first-order valence-corrected chi connectivity index (χ1v) is 7.10. The summed E-state index contributed by atoms with van der Waals surface area (Å²) in [5, 5.41) is 0. The summed E-state index contributed by atoms with van der Waals surface area (Å²) in [6.07, 6.45) is 9.14. The average molecular weight is 262 g/mol. The zero-order valence-corrected chi connectivity index (χ0v) is 12.6. The minimum Gasteiger partial charge on any atom is -0.458 e. The number of allylic oxidation sites excluding steroid dienone is 3. The smallest absolute Gasteiger partial charge is 0.303 e. The molecule has 1 rings (SSSR count). The van der Waals surface area contributed by atoms with E-state index in [9.17, 15) is 4.79 Å². The molecule has 1 aliphatic carbocycles. The first kappa shape index (κ1) is 15.7. The number of hydrogen-bond donors (Lipinski definition) is 0. The Hall–Kier alpha value is -1.31. The van der Waals surface area contributed by atoms with Gasteiger partial charge in [-0.3, -0.25) is 4.79 Å². The summed E-state index contributed by atoms with van der Waals surface area (Å²) >= 11 is 0. The van der Waals surface area contributed by atoms with E-state index < -0.39 is 0 Å². The van der Waals surface area contributed by atoms with E-state index in [0.717, 1.165) is 24.8 Å². The summed E-state index contributed by atoms with van der Waals surface area (Å²) in [7, 11) is 0. The first-order valence-electron chi connectivity index (χ1n) is 7.10. The van der Waals surface area contributed by atoms with Gasteiger partial charge in [-0.1, -0.05) is 44.2 Å². The van der Waals surface area contributed by atoms with E-state index in [2.05, 4.69) is 45.6 Å². The van der Waals surface area contributed by atoms with E-state index in [1.54, 1.807) is 0 Å². The van der Waals surface area contributed by atoms with Crippen molar-refractivity contribution in [1.82, 2.24) is 0 Å². The van der Waals surface area contributed by atoms with Crippen LogP contribution >= 0.6 is 0 Å². The van der Waals surface area contributed by atoms with Gasteiger partial charge in [0.05, 0.1) is 0 Å². The molecule has 0 aromatic heterocycles. The quantitative estimate of drug-likeness (QED) is 0.543. The fourth-order valence-corrected chi connectivity index (χ4v) is 2.30. The molecule has 0 saturated heterocycles. The van der Waals surface area contributed by atoms with Crippen LogP contribution in [0.2, 0.25) is 0 Å². The molecule has 0 fully saturated rings. The molecule has 0 aromatic rings. The summed E-state index contributed by atoms with van der Waals surface area (Å²) < 4.78 is 5.37. The lowest BCUT2D eigenvalue weighted by atomic mass is 9.87. The SMILES string of the molecule is C=C1CCC(C(C)C)/C=C/C(C)=C\C[C@H]1OC(C)=O. The summed E-state index contributed by atoms with van der Waals surface area (Å²) in [6, 6.07) is 0. The van der Waals surface area contributed by atoms with Gasteiger partial charge in [0, 0.05) is 13.3 Å². The molecular formula is C17H26O2. The van der Waals surface area contributed by atoms with Crippen molar-refractivity contribution in [3.8, 4) is 0 Å². The maximum Gasteiger partial charge on any atom is 0.303 e. The Morgan fingerprint density at radius 3 is 2.74 bits per heavy atom. The van der Waals surface area contributed by atoms with Crippen molar-refractivity contribution in [3.63, 3.8) is 0 Å². The van der Waals surface area contributed by atoms with Gasteiger partial charge in [0.25, 0.3) is 0 Å². The highest BCUT2D eigenvalue weighted by molar-refractivity contribution is 5.66. The molecule has 2 nitrogen and oxygen atoms in total. The zero-order valence-electron chi connectivity index (χ0n) is 12.6. The lowest BCUT2D eigenvalue weighted by molar-refractivity contribution is -0.144. The van der Waals surface area contributed by atoms with E-state index in [-0.39, 0.29) is 12.1 Å². The third kappa shape index (κ3) is 5.46. The van der Waals surface area contributed by atoms with E-state index in [4.69, 9.17) is 4.74 Å². The predicted molar refractivity (Wildman–Crippen MR) is 79.8 cm³/mol. The van der Waals surface area contributed by atoms with Gasteiger partial charge in [-0.05, 0) is 37.2 Å². The summed E-state index contributed by atoms with van der Waals surface area (Å²) in [5.74, 6) is 0.935. The van der Waals surface area contributed by atoms with Gasteiger partial charge >= 0.3 is 5.97 Å². The highest BCUT2D eigenvalue weighted by Crippen LogP contribution is 2.26. The summed E-state index contributed by atoms with van der Waals surface area (Å²) in [4.78, 5) is 11.2. The number of rotatable bonds is 2. The van der Waals surface area contributed by atoms with Crippen molar-refractivity contribution in [2.24, 2.45) is 11.8 Å². The van der Waals surface area contributed by atoms with Crippen LogP contribution in [-0.4, -0.2) is 12.1 Å². The van der Waals surface area contributed by atoms with Crippen LogP contribution in [0.3, 0.4) is 0 Å². The number of carbonyl (C=O) groups excluding carboxylic acids is 1. The molecule has 0 aliphatic heterocycles. The predicted octanol–water partition coefficient (Wildman–Crippen LogP) is 4.43. The van der Waals surface area contributed by atoms with Crippen LogP contribution in [0, 0.1) is 11.8 Å². The van der Waals surface area contributed by atoms with Crippen molar-refractivity contribution in [2.75, 3.05) is 0 Å².